The number of amides is 1. The van der Waals surface area contributed by atoms with E-state index in [1.807, 2.05) is 78.6 Å². The monoisotopic (exact) mass is 527 g/mol. The zero-order valence-corrected chi connectivity index (χ0v) is 21.2. The molecule has 0 N–H and O–H groups in total. The van der Waals surface area contributed by atoms with Crippen LogP contribution in [-0.4, -0.2) is 39.5 Å². The highest BCUT2D eigenvalue weighted by Gasteiger charge is 2.38. The lowest BCUT2D eigenvalue weighted by Gasteiger charge is -2.44. The second-order valence-electron chi connectivity index (χ2n) is 8.84. The van der Waals surface area contributed by atoms with Crippen LogP contribution in [0.1, 0.15) is 47.1 Å². The summed E-state index contributed by atoms with van der Waals surface area (Å²) in [6.07, 6.45) is 7.24. The first-order valence-corrected chi connectivity index (χ1v) is 12.5. The molecule has 2 aromatic carbocycles. The zero-order chi connectivity index (χ0) is 24.4. The summed E-state index contributed by atoms with van der Waals surface area (Å²) in [6, 6.07) is 21.5. The van der Waals surface area contributed by atoms with E-state index >= 15 is 0 Å². The van der Waals surface area contributed by atoms with Crippen molar-refractivity contribution in [1.82, 2.24) is 14.9 Å². The normalized spacial score (nSPS) is 20.4. The maximum Gasteiger partial charge on any atom is 0.255 e. The molecule has 0 saturated carbocycles. The molecule has 6 heteroatoms. The van der Waals surface area contributed by atoms with Crippen LogP contribution in [0.3, 0.4) is 0 Å². The lowest BCUT2D eigenvalue weighted by Crippen LogP contribution is -2.53. The number of nitrogens with zero attached hydrogens (tertiary/aromatic N) is 3. The first-order valence-electron chi connectivity index (χ1n) is 11.7. The molecule has 1 amide bonds. The molecule has 5 rings (SSSR count). The minimum Gasteiger partial charge on any atom is -0.369 e. The quantitative estimate of drug-likeness (QED) is 0.301. The van der Waals surface area contributed by atoms with Gasteiger partial charge in [0.2, 0.25) is 0 Å². The fourth-order valence-corrected chi connectivity index (χ4v) is 5.05. The van der Waals surface area contributed by atoms with E-state index in [0.29, 0.717) is 12.2 Å². The van der Waals surface area contributed by atoms with E-state index in [2.05, 4.69) is 40.0 Å². The van der Waals surface area contributed by atoms with E-state index in [0.717, 1.165) is 32.2 Å². The number of carbonyl (C=O) groups is 1. The minimum absolute atomic E-state index is 0.0178. The zero-order valence-electron chi connectivity index (χ0n) is 19.6. The standard InChI is InChI=1S/C29H26BrN3O2/c1-19-18-35-28(22-8-4-3-5-9-22)20(2)33(19)29(34)26-16-24(12-10-21-7-6-14-31-17-21)32-27-13-11-23(30)15-25(26)27/h3-17,19-20,28H,18H2,1-2H3/b12-10+. The van der Waals surface area contributed by atoms with Crippen LogP contribution in [-0.2, 0) is 4.74 Å². The molecule has 5 nitrogen and oxygen atoms in total. The molecule has 1 aliphatic rings. The second-order valence-corrected chi connectivity index (χ2v) is 9.76. The Morgan fingerprint density at radius 3 is 2.66 bits per heavy atom. The van der Waals surface area contributed by atoms with Crippen molar-refractivity contribution in [2.45, 2.75) is 32.0 Å². The number of ether oxygens (including phenoxy) is 1. The first kappa shape index (κ1) is 23.4. The predicted octanol–water partition coefficient (Wildman–Crippen LogP) is 6.55. The van der Waals surface area contributed by atoms with Gasteiger partial charge in [-0.25, -0.2) is 4.98 Å². The van der Waals surface area contributed by atoms with Gasteiger partial charge in [-0.1, -0.05) is 58.4 Å². The predicted molar refractivity (Wildman–Crippen MR) is 143 cm³/mol. The number of benzene rings is 2. The Hall–Kier alpha value is -3.35. The van der Waals surface area contributed by atoms with Crippen molar-refractivity contribution in [3.8, 4) is 0 Å². The van der Waals surface area contributed by atoms with Crippen molar-refractivity contribution in [2.75, 3.05) is 6.61 Å². The van der Waals surface area contributed by atoms with Crippen LogP contribution >= 0.6 is 15.9 Å². The van der Waals surface area contributed by atoms with E-state index in [9.17, 15) is 4.79 Å². The van der Waals surface area contributed by atoms with Crippen molar-refractivity contribution >= 4 is 44.9 Å². The summed E-state index contributed by atoms with van der Waals surface area (Å²) in [5.74, 6) is -0.0178. The van der Waals surface area contributed by atoms with Gasteiger partial charge in [0.25, 0.3) is 5.91 Å². The molecule has 4 aromatic rings. The topological polar surface area (TPSA) is 55.3 Å². The molecule has 2 aromatic heterocycles. The van der Waals surface area contributed by atoms with Gasteiger partial charge in [-0.15, -0.1) is 0 Å². The lowest BCUT2D eigenvalue weighted by molar-refractivity contribution is -0.0805. The summed E-state index contributed by atoms with van der Waals surface area (Å²) in [5.41, 5.74) is 4.18. The van der Waals surface area contributed by atoms with Crippen molar-refractivity contribution in [2.24, 2.45) is 0 Å². The highest BCUT2D eigenvalue weighted by molar-refractivity contribution is 9.10. The molecule has 3 heterocycles. The van der Waals surface area contributed by atoms with Gasteiger partial charge in [0.05, 0.1) is 35.5 Å². The van der Waals surface area contributed by atoms with Gasteiger partial charge in [-0.05, 0) is 61.4 Å². The molecule has 35 heavy (non-hydrogen) atoms. The van der Waals surface area contributed by atoms with E-state index in [-0.39, 0.29) is 24.1 Å². The molecule has 3 atom stereocenters. The summed E-state index contributed by atoms with van der Waals surface area (Å²) < 4.78 is 7.10. The number of rotatable bonds is 4. The number of fused-ring (bicyclic) bond motifs is 1. The van der Waals surface area contributed by atoms with Gasteiger partial charge in [-0.3, -0.25) is 9.78 Å². The fraction of sp³-hybridized carbons (Fsp3) is 0.207. The second kappa shape index (κ2) is 10.1. The van der Waals surface area contributed by atoms with Crippen LogP contribution in [0.2, 0.25) is 0 Å². The first-order chi connectivity index (χ1) is 17.0. The van der Waals surface area contributed by atoms with E-state index in [1.165, 1.54) is 0 Å². The third-order valence-electron chi connectivity index (χ3n) is 6.38. The van der Waals surface area contributed by atoms with Crippen molar-refractivity contribution in [3.05, 3.63) is 106 Å². The Balaban J connectivity index is 1.56. The van der Waals surface area contributed by atoms with Gasteiger partial charge >= 0.3 is 0 Å². The molecule has 1 aliphatic heterocycles. The van der Waals surface area contributed by atoms with Crippen LogP contribution in [0.4, 0.5) is 0 Å². The molecule has 3 unspecified atom stereocenters. The van der Waals surface area contributed by atoms with Crippen molar-refractivity contribution in [1.29, 1.82) is 0 Å². The lowest BCUT2D eigenvalue weighted by atomic mass is 9.96. The van der Waals surface area contributed by atoms with Crippen molar-refractivity contribution < 1.29 is 9.53 Å². The molecule has 0 radical (unpaired) electrons. The summed E-state index contributed by atoms with van der Waals surface area (Å²) in [6.45, 7) is 4.59. The van der Waals surface area contributed by atoms with Crippen LogP contribution in [0.5, 0.6) is 0 Å². The van der Waals surface area contributed by atoms with Gasteiger partial charge in [0, 0.05) is 22.3 Å². The smallest absolute Gasteiger partial charge is 0.255 e. The third-order valence-corrected chi connectivity index (χ3v) is 6.88. The van der Waals surface area contributed by atoms with E-state index in [4.69, 9.17) is 9.72 Å². The molecule has 1 saturated heterocycles. The highest BCUT2D eigenvalue weighted by Crippen LogP contribution is 2.33. The minimum atomic E-state index is -0.180. The Morgan fingerprint density at radius 1 is 1.06 bits per heavy atom. The fourth-order valence-electron chi connectivity index (χ4n) is 4.69. The maximum atomic E-state index is 14.1. The SMILES string of the molecule is CC1COC(c2ccccc2)C(C)N1C(=O)c1cc(/C=C/c2cccnc2)nc2ccc(Br)cc12. The van der Waals surface area contributed by atoms with Gasteiger partial charge < -0.3 is 9.64 Å². The van der Waals surface area contributed by atoms with Gasteiger partial charge in [0.1, 0.15) is 6.10 Å². The largest absolute Gasteiger partial charge is 0.369 e. The molecular weight excluding hydrogens is 502 g/mol. The Kier molecular flexibility index (Phi) is 6.75. The molecular formula is C29H26BrN3O2. The maximum absolute atomic E-state index is 14.1. The van der Waals surface area contributed by atoms with Gasteiger partial charge in [0.15, 0.2) is 0 Å². The number of pyridine rings is 2. The van der Waals surface area contributed by atoms with Crippen LogP contribution < -0.4 is 0 Å². The molecule has 176 valence electrons. The molecule has 0 spiro atoms. The van der Waals surface area contributed by atoms with E-state index in [1.54, 1.807) is 12.4 Å². The Bertz CT molecular complexity index is 1380. The van der Waals surface area contributed by atoms with Crippen LogP contribution in [0, 0.1) is 0 Å². The summed E-state index contributed by atoms with van der Waals surface area (Å²) in [5, 5.41) is 0.824. The number of hydrogen-bond donors (Lipinski definition) is 0. The molecule has 0 bridgehead atoms. The van der Waals surface area contributed by atoms with E-state index < -0.39 is 0 Å². The number of morpholine rings is 1. The number of halogens is 1. The van der Waals surface area contributed by atoms with Crippen LogP contribution in [0.15, 0.2) is 83.6 Å². The number of aromatic nitrogens is 2. The molecule has 0 aliphatic carbocycles. The number of hydrogen-bond acceptors (Lipinski definition) is 4. The number of carbonyl (C=O) groups excluding carboxylic acids is 1. The Labute approximate surface area is 213 Å². The summed E-state index contributed by atoms with van der Waals surface area (Å²) in [4.78, 5) is 25.1. The third kappa shape index (κ3) is 4.90. The summed E-state index contributed by atoms with van der Waals surface area (Å²) in [7, 11) is 0. The van der Waals surface area contributed by atoms with Crippen molar-refractivity contribution in [3.63, 3.8) is 0 Å². The average Bonchev–Trinajstić information content (AvgIpc) is 2.88. The summed E-state index contributed by atoms with van der Waals surface area (Å²) >= 11 is 3.56. The molecule has 1 fully saturated rings. The Morgan fingerprint density at radius 2 is 1.89 bits per heavy atom. The highest BCUT2D eigenvalue weighted by atomic mass is 79.9. The van der Waals surface area contributed by atoms with Crippen LogP contribution in [0.25, 0.3) is 23.1 Å². The van der Waals surface area contributed by atoms with Gasteiger partial charge in [-0.2, -0.15) is 0 Å². The average molecular weight is 528 g/mol.